The van der Waals surface area contributed by atoms with Gasteiger partial charge in [0.2, 0.25) is 0 Å². The fourth-order valence-corrected chi connectivity index (χ4v) is 1.71. The molecule has 0 amide bonds. The Morgan fingerprint density at radius 3 is 1.94 bits per heavy atom. The summed E-state index contributed by atoms with van der Waals surface area (Å²) in [6, 6.07) is 5.73. The highest BCUT2D eigenvalue weighted by Gasteiger charge is 2.54. The average molecular weight is 445 g/mol. The molecule has 0 radical (unpaired) electrons. The SMILES string of the molecule is FC(F)(F)[C@H](Br)[C@@](F)(Br)Oc1ccc(Br)cc1. The molecule has 1 aromatic rings. The molecule has 0 N–H and O–H groups in total. The average Bonchev–Trinajstić information content (AvgIpc) is 2.19. The van der Waals surface area contributed by atoms with E-state index in [1.165, 1.54) is 24.3 Å². The highest BCUT2D eigenvalue weighted by atomic mass is 79.9. The standard InChI is InChI=1S/C9H5Br3F4O/c10-5-1-3-6(4-2-5)17-8(12,13)7(11)9(14,15)16/h1-4,7H/t7-,8+/m1/s1. The monoisotopic (exact) mass is 442 g/mol. The number of rotatable bonds is 3. The summed E-state index contributed by atoms with van der Waals surface area (Å²) in [5.41, 5.74) is 0. The smallest absolute Gasteiger partial charge is 0.408 e. The number of hydrogen-bond donors (Lipinski definition) is 0. The molecule has 0 fully saturated rings. The van der Waals surface area contributed by atoms with E-state index in [-0.39, 0.29) is 5.75 Å². The van der Waals surface area contributed by atoms with Crippen LogP contribution in [-0.2, 0) is 0 Å². The molecule has 0 aliphatic heterocycles. The third kappa shape index (κ3) is 4.40. The molecule has 8 heteroatoms. The van der Waals surface area contributed by atoms with Crippen LogP contribution in [0.3, 0.4) is 0 Å². The van der Waals surface area contributed by atoms with Gasteiger partial charge in [-0.1, -0.05) is 31.9 Å². The first-order valence-corrected chi connectivity index (χ1v) is 6.66. The van der Waals surface area contributed by atoms with Crippen LogP contribution in [0.2, 0.25) is 0 Å². The van der Waals surface area contributed by atoms with Gasteiger partial charge in [0.1, 0.15) is 5.75 Å². The van der Waals surface area contributed by atoms with Crippen molar-refractivity contribution in [2.24, 2.45) is 0 Å². The van der Waals surface area contributed by atoms with Gasteiger partial charge in [-0.15, -0.1) is 0 Å². The molecule has 1 aromatic carbocycles. The Labute approximate surface area is 120 Å². The van der Waals surface area contributed by atoms with Gasteiger partial charge < -0.3 is 4.74 Å². The third-order valence-corrected chi connectivity index (χ3v) is 4.52. The van der Waals surface area contributed by atoms with Gasteiger partial charge in [0.15, 0.2) is 4.83 Å². The highest BCUT2D eigenvalue weighted by Crippen LogP contribution is 2.41. The Hall–Kier alpha value is 0.180. The molecule has 0 aliphatic rings. The van der Waals surface area contributed by atoms with Crippen molar-refractivity contribution in [3.8, 4) is 5.75 Å². The van der Waals surface area contributed by atoms with Crippen LogP contribution in [0, 0.1) is 0 Å². The first kappa shape index (κ1) is 15.2. The van der Waals surface area contributed by atoms with E-state index in [1.54, 1.807) is 0 Å². The van der Waals surface area contributed by atoms with E-state index in [4.69, 9.17) is 0 Å². The highest BCUT2D eigenvalue weighted by molar-refractivity contribution is 9.12. The topological polar surface area (TPSA) is 9.23 Å². The summed E-state index contributed by atoms with van der Waals surface area (Å²) in [4.78, 5) is -2.48. The van der Waals surface area contributed by atoms with Gasteiger partial charge in [-0.25, -0.2) is 0 Å². The quantitative estimate of drug-likeness (QED) is 0.461. The summed E-state index contributed by atoms with van der Waals surface area (Å²) >= 11 is 7.62. The fourth-order valence-electron chi connectivity index (χ4n) is 0.902. The van der Waals surface area contributed by atoms with Crippen LogP contribution < -0.4 is 4.74 Å². The maximum Gasteiger partial charge on any atom is 0.408 e. The van der Waals surface area contributed by atoms with Crippen molar-refractivity contribution in [2.75, 3.05) is 0 Å². The van der Waals surface area contributed by atoms with Crippen molar-refractivity contribution in [3.63, 3.8) is 0 Å². The lowest BCUT2D eigenvalue weighted by Crippen LogP contribution is -2.43. The van der Waals surface area contributed by atoms with Gasteiger partial charge in [0.05, 0.1) is 0 Å². The van der Waals surface area contributed by atoms with Crippen molar-refractivity contribution in [3.05, 3.63) is 28.7 Å². The molecule has 0 saturated heterocycles. The Morgan fingerprint density at radius 2 is 1.53 bits per heavy atom. The molecule has 0 bridgehead atoms. The maximum absolute atomic E-state index is 13.7. The molecular formula is C9H5Br3F4O. The second-order valence-corrected chi connectivity index (χ2v) is 5.93. The fraction of sp³-hybridized carbons (Fsp3) is 0.333. The molecule has 96 valence electrons. The van der Waals surface area contributed by atoms with Gasteiger partial charge in [0, 0.05) is 20.4 Å². The zero-order chi connectivity index (χ0) is 13.3. The number of ether oxygens (including phenoxy) is 1. The van der Waals surface area contributed by atoms with Crippen LogP contribution in [0.1, 0.15) is 0 Å². The number of hydrogen-bond acceptors (Lipinski definition) is 1. The normalized spacial score (nSPS) is 17.4. The molecule has 0 aliphatic carbocycles. The van der Waals surface area contributed by atoms with Crippen LogP contribution >= 0.6 is 47.8 Å². The molecule has 1 nitrogen and oxygen atoms in total. The van der Waals surface area contributed by atoms with E-state index in [9.17, 15) is 17.6 Å². The summed E-state index contributed by atoms with van der Waals surface area (Å²) in [6.45, 7) is 0. The predicted octanol–water partition coefficient (Wildman–Crippen LogP) is 5.17. The van der Waals surface area contributed by atoms with Crippen LogP contribution in [0.4, 0.5) is 17.6 Å². The van der Waals surface area contributed by atoms with E-state index in [2.05, 4.69) is 52.5 Å². The van der Waals surface area contributed by atoms with E-state index >= 15 is 0 Å². The zero-order valence-corrected chi connectivity index (χ0v) is 12.7. The Balaban J connectivity index is 2.82. The van der Waals surface area contributed by atoms with Crippen molar-refractivity contribution in [2.45, 2.75) is 15.8 Å². The Kier molecular flexibility index (Phi) is 4.88. The van der Waals surface area contributed by atoms with Gasteiger partial charge in [0.25, 0.3) is 0 Å². The first-order valence-electron chi connectivity index (χ1n) is 4.16. The molecule has 2 atom stereocenters. The third-order valence-electron chi connectivity index (χ3n) is 1.65. The lowest BCUT2D eigenvalue weighted by molar-refractivity contribution is -0.163. The summed E-state index contributed by atoms with van der Waals surface area (Å²) in [5, 5.41) is 0. The lowest BCUT2D eigenvalue weighted by Gasteiger charge is -2.26. The minimum Gasteiger partial charge on any atom is -0.447 e. The van der Waals surface area contributed by atoms with Gasteiger partial charge in [-0.3, -0.25) is 0 Å². The predicted molar refractivity (Wildman–Crippen MR) is 66.3 cm³/mol. The lowest BCUT2D eigenvalue weighted by atomic mass is 10.3. The van der Waals surface area contributed by atoms with Crippen molar-refractivity contribution in [1.29, 1.82) is 0 Å². The number of alkyl halides is 6. The summed E-state index contributed by atoms with van der Waals surface area (Å²) in [5.74, 6) is -0.0266. The molecule has 0 unspecified atom stereocenters. The minimum atomic E-state index is -4.77. The van der Waals surface area contributed by atoms with Crippen molar-refractivity contribution >= 4 is 47.8 Å². The van der Waals surface area contributed by atoms with Crippen LogP contribution in [0.15, 0.2) is 28.7 Å². The Bertz CT molecular complexity index is 377. The van der Waals surface area contributed by atoms with E-state index < -0.39 is 15.8 Å². The number of halogens is 7. The molecule has 0 aromatic heterocycles. The van der Waals surface area contributed by atoms with Gasteiger partial charge in [-0.05, 0) is 24.3 Å². The molecule has 17 heavy (non-hydrogen) atoms. The molecular weight excluding hydrogens is 440 g/mol. The molecule has 1 rings (SSSR count). The summed E-state index contributed by atoms with van der Waals surface area (Å²) in [7, 11) is 0. The Morgan fingerprint density at radius 1 is 1.06 bits per heavy atom. The maximum atomic E-state index is 13.7. The summed E-state index contributed by atoms with van der Waals surface area (Å²) in [6.07, 6.45) is -4.77. The van der Waals surface area contributed by atoms with Crippen molar-refractivity contribution in [1.82, 2.24) is 0 Å². The van der Waals surface area contributed by atoms with Crippen LogP contribution in [-0.4, -0.2) is 15.8 Å². The van der Waals surface area contributed by atoms with Gasteiger partial charge in [-0.2, -0.15) is 17.6 Å². The largest absolute Gasteiger partial charge is 0.447 e. The van der Waals surface area contributed by atoms with E-state index in [0.717, 1.165) is 0 Å². The first-order chi connectivity index (χ1) is 7.63. The van der Waals surface area contributed by atoms with Crippen molar-refractivity contribution < 1.29 is 22.3 Å². The second-order valence-electron chi connectivity index (χ2n) is 3.02. The second kappa shape index (κ2) is 5.44. The summed E-state index contributed by atoms with van der Waals surface area (Å²) < 4.78 is 52.8. The van der Waals surface area contributed by atoms with Gasteiger partial charge >= 0.3 is 10.9 Å². The zero-order valence-electron chi connectivity index (χ0n) is 7.94. The minimum absolute atomic E-state index is 0.0266. The van der Waals surface area contributed by atoms with E-state index in [0.29, 0.717) is 4.47 Å². The number of benzene rings is 1. The van der Waals surface area contributed by atoms with Crippen LogP contribution in [0.5, 0.6) is 5.75 Å². The van der Waals surface area contributed by atoms with Crippen LogP contribution in [0.25, 0.3) is 0 Å². The molecule has 0 spiro atoms. The molecule has 0 saturated carbocycles. The van der Waals surface area contributed by atoms with E-state index in [1.807, 2.05) is 0 Å². The molecule has 0 heterocycles.